The zero-order chi connectivity index (χ0) is 22.8. The summed E-state index contributed by atoms with van der Waals surface area (Å²) in [5.74, 6) is -2.62. The van der Waals surface area contributed by atoms with Crippen LogP contribution in [0.3, 0.4) is 0 Å². The maximum absolute atomic E-state index is 12.9. The Bertz CT molecular complexity index is 431. The van der Waals surface area contributed by atoms with E-state index in [9.17, 15) is 27.2 Å². The molecule has 0 fully saturated rings. The molecule has 0 aromatic rings. The number of hydrogen-bond donors (Lipinski definition) is 0. The molecule has 0 amide bonds. The number of ether oxygens (including phenoxy) is 3. The first-order chi connectivity index (χ1) is 13.7. The normalized spacial score (nSPS) is 11.4. The number of unbranched alkanes of at least 4 members (excludes halogenated alkanes) is 1. The minimum Gasteiger partial charge on any atom is -0.464 e. The Hall–Kier alpha value is -1.28. The monoisotopic (exact) mass is 454 g/mol. The molecule has 0 N–H and O–H groups in total. The average Bonchev–Trinajstić information content (AvgIpc) is 2.73. The standard InChI is InChI=1S/C10H19F3O6Si.C6H11FO2/c1-15-20(16-2,17-3)8-4-6-18-9(14)10(12,13)19-7-5-11;1-2-3-4-9-6(8)5-7/h4-8H2,1-3H3;2-5H2,1H3. The molecule has 0 saturated carbocycles. The van der Waals surface area contributed by atoms with Gasteiger partial charge in [0.2, 0.25) is 0 Å². The molecule has 0 aliphatic carbocycles. The molecular formula is C16H30F4O8Si. The Morgan fingerprint density at radius 3 is 1.90 bits per heavy atom. The van der Waals surface area contributed by atoms with Crippen molar-refractivity contribution in [1.29, 1.82) is 0 Å². The van der Waals surface area contributed by atoms with Crippen molar-refractivity contribution in [2.75, 3.05) is 54.5 Å². The number of carbonyl (C=O) groups excluding carboxylic acids is 2. The predicted octanol–water partition coefficient (Wildman–Crippen LogP) is 2.68. The van der Waals surface area contributed by atoms with Crippen LogP contribution in [0.5, 0.6) is 0 Å². The van der Waals surface area contributed by atoms with Crippen molar-refractivity contribution < 1.29 is 54.6 Å². The van der Waals surface area contributed by atoms with Gasteiger partial charge in [0.1, 0.15) is 6.67 Å². The molecule has 0 rings (SSSR count). The van der Waals surface area contributed by atoms with Crippen LogP contribution in [0.15, 0.2) is 0 Å². The van der Waals surface area contributed by atoms with Crippen molar-refractivity contribution in [3.05, 3.63) is 0 Å². The highest BCUT2D eigenvalue weighted by molar-refractivity contribution is 6.60. The van der Waals surface area contributed by atoms with E-state index in [1.165, 1.54) is 21.3 Å². The third-order valence-electron chi connectivity index (χ3n) is 3.26. The lowest BCUT2D eigenvalue weighted by Crippen LogP contribution is -2.43. The van der Waals surface area contributed by atoms with Crippen LogP contribution in [0.2, 0.25) is 6.04 Å². The highest BCUT2D eigenvalue weighted by atomic mass is 28.4. The number of alkyl halides is 4. The minimum absolute atomic E-state index is 0.215. The zero-order valence-corrected chi connectivity index (χ0v) is 18.1. The summed E-state index contributed by atoms with van der Waals surface area (Å²) in [5, 5.41) is 0. The second kappa shape index (κ2) is 17.6. The summed E-state index contributed by atoms with van der Waals surface area (Å²) in [6.07, 6.45) is -2.16. The molecule has 0 heterocycles. The molecule has 8 nitrogen and oxygen atoms in total. The van der Waals surface area contributed by atoms with Crippen molar-refractivity contribution in [2.45, 2.75) is 38.3 Å². The van der Waals surface area contributed by atoms with Gasteiger partial charge in [-0.2, -0.15) is 8.78 Å². The molecule has 174 valence electrons. The van der Waals surface area contributed by atoms with Crippen molar-refractivity contribution in [1.82, 2.24) is 0 Å². The number of halogens is 4. The molecule has 0 spiro atoms. The lowest BCUT2D eigenvalue weighted by Gasteiger charge is -2.24. The SMILES string of the molecule is CCCCOC(=O)CF.CO[Si](CCCOC(=O)C(F)(F)OCCF)(OC)OC. The van der Waals surface area contributed by atoms with Gasteiger partial charge in [0.15, 0.2) is 6.67 Å². The lowest BCUT2D eigenvalue weighted by atomic mass is 10.4. The van der Waals surface area contributed by atoms with Crippen LogP contribution in [0.4, 0.5) is 17.6 Å². The molecule has 13 heteroatoms. The van der Waals surface area contributed by atoms with Gasteiger partial charge in [-0.25, -0.2) is 18.4 Å². The third kappa shape index (κ3) is 14.4. The second-order valence-electron chi connectivity index (χ2n) is 5.30. The van der Waals surface area contributed by atoms with Gasteiger partial charge in [0.25, 0.3) is 0 Å². The summed E-state index contributed by atoms with van der Waals surface area (Å²) < 4.78 is 76.7. The first kappa shape index (κ1) is 29.9. The van der Waals surface area contributed by atoms with Crippen LogP contribution in [0.1, 0.15) is 26.2 Å². The molecule has 0 unspecified atom stereocenters. The van der Waals surface area contributed by atoms with Gasteiger partial charge >= 0.3 is 26.9 Å². The molecule has 0 aromatic carbocycles. The topological polar surface area (TPSA) is 89.5 Å². The van der Waals surface area contributed by atoms with Crippen LogP contribution < -0.4 is 0 Å². The Labute approximate surface area is 169 Å². The van der Waals surface area contributed by atoms with E-state index in [2.05, 4.69) is 14.2 Å². The predicted molar refractivity (Wildman–Crippen MR) is 95.9 cm³/mol. The smallest absolute Gasteiger partial charge is 0.464 e. The summed E-state index contributed by atoms with van der Waals surface area (Å²) in [5.41, 5.74) is 0. The molecular weight excluding hydrogens is 424 g/mol. The Balaban J connectivity index is 0. The molecule has 29 heavy (non-hydrogen) atoms. The first-order valence-electron chi connectivity index (χ1n) is 8.80. The summed E-state index contributed by atoms with van der Waals surface area (Å²) in [6.45, 7) is -0.966. The maximum Gasteiger partial charge on any atom is 0.500 e. The van der Waals surface area contributed by atoms with Crippen LogP contribution >= 0.6 is 0 Å². The molecule has 0 bridgehead atoms. The van der Waals surface area contributed by atoms with Crippen LogP contribution in [-0.2, 0) is 37.1 Å². The molecule has 0 saturated heterocycles. The molecule has 0 atom stereocenters. The molecule has 0 aromatic heterocycles. The maximum atomic E-state index is 12.9. The van der Waals surface area contributed by atoms with Gasteiger partial charge in [-0.05, 0) is 12.8 Å². The fourth-order valence-corrected chi connectivity index (χ4v) is 3.38. The van der Waals surface area contributed by atoms with E-state index in [-0.39, 0.29) is 13.0 Å². The van der Waals surface area contributed by atoms with E-state index in [1.54, 1.807) is 0 Å². The van der Waals surface area contributed by atoms with E-state index in [1.807, 2.05) is 6.92 Å². The highest BCUT2D eigenvalue weighted by Crippen LogP contribution is 2.19. The summed E-state index contributed by atoms with van der Waals surface area (Å²) in [6, 6.07) is 0.292. The van der Waals surface area contributed by atoms with Crippen LogP contribution in [-0.4, -0.2) is 81.4 Å². The molecule has 0 radical (unpaired) electrons. The largest absolute Gasteiger partial charge is 0.500 e. The van der Waals surface area contributed by atoms with E-state index in [4.69, 9.17) is 13.3 Å². The van der Waals surface area contributed by atoms with Crippen molar-refractivity contribution in [2.24, 2.45) is 0 Å². The second-order valence-corrected chi connectivity index (χ2v) is 8.39. The molecule has 0 aliphatic heterocycles. The summed E-state index contributed by atoms with van der Waals surface area (Å²) >= 11 is 0. The fourth-order valence-electron chi connectivity index (χ4n) is 1.69. The number of carbonyl (C=O) groups is 2. The average molecular weight is 454 g/mol. The van der Waals surface area contributed by atoms with Gasteiger partial charge in [0, 0.05) is 27.4 Å². The van der Waals surface area contributed by atoms with Crippen molar-refractivity contribution in [3.8, 4) is 0 Å². The Morgan fingerprint density at radius 2 is 1.45 bits per heavy atom. The van der Waals surface area contributed by atoms with E-state index in [0.717, 1.165) is 12.8 Å². The Kier molecular flexibility index (Phi) is 18.1. The summed E-state index contributed by atoms with van der Waals surface area (Å²) in [4.78, 5) is 21.1. The fraction of sp³-hybridized carbons (Fsp3) is 0.875. The van der Waals surface area contributed by atoms with Gasteiger partial charge < -0.3 is 27.5 Å². The van der Waals surface area contributed by atoms with Crippen LogP contribution in [0.25, 0.3) is 0 Å². The lowest BCUT2D eigenvalue weighted by molar-refractivity contribution is -0.250. The number of esters is 2. The highest BCUT2D eigenvalue weighted by Gasteiger charge is 2.43. The van der Waals surface area contributed by atoms with Crippen LogP contribution in [0, 0.1) is 0 Å². The van der Waals surface area contributed by atoms with Gasteiger partial charge in [-0.1, -0.05) is 13.3 Å². The Morgan fingerprint density at radius 1 is 0.897 bits per heavy atom. The summed E-state index contributed by atoms with van der Waals surface area (Å²) in [7, 11) is 1.40. The first-order valence-corrected chi connectivity index (χ1v) is 10.7. The van der Waals surface area contributed by atoms with E-state index >= 15 is 0 Å². The minimum atomic E-state index is -4.15. The quantitative estimate of drug-likeness (QED) is 0.162. The van der Waals surface area contributed by atoms with E-state index in [0.29, 0.717) is 12.7 Å². The zero-order valence-electron chi connectivity index (χ0n) is 17.1. The van der Waals surface area contributed by atoms with Crippen molar-refractivity contribution >= 4 is 20.7 Å². The molecule has 0 aliphatic rings. The van der Waals surface area contributed by atoms with Crippen molar-refractivity contribution in [3.63, 3.8) is 0 Å². The van der Waals surface area contributed by atoms with Gasteiger partial charge in [-0.15, -0.1) is 0 Å². The number of rotatable bonds is 15. The number of hydrogen-bond acceptors (Lipinski definition) is 8. The van der Waals surface area contributed by atoms with E-state index < -0.39 is 46.8 Å². The van der Waals surface area contributed by atoms with Gasteiger partial charge in [-0.3, -0.25) is 0 Å². The van der Waals surface area contributed by atoms with Gasteiger partial charge in [0.05, 0.1) is 19.8 Å². The third-order valence-corrected chi connectivity index (χ3v) is 6.09.